The lowest BCUT2D eigenvalue weighted by molar-refractivity contribution is -0.134. The zero-order valence-corrected chi connectivity index (χ0v) is 16.8. The normalized spacial score (nSPS) is 14.7. The summed E-state index contributed by atoms with van der Waals surface area (Å²) in [6, 6.07) is 14.6. The number of amides is 1. The molecule has 5 heteroatoms. The predicted molar refractivity (Wildman–Crippen MR) is 111 cm³/mol. The molecule has 1 amide bonds. The monoisotopic (exact) mass is 379 g/mol. The second-order valence-corrected chi connectivity index (χ2v) is 9.28. The van der Waals surface area contributed by atoms with Gasteiger partial charge < -0.3 is 9.88 Å². The number of hydrogen-bond donors (Lipinski definition) is 1. The van der Waals surface area contributed by atoms with Gasteiger partial charge in [0.15, 0.2) is 0 Å². The Kier molecular flexibility index (Phi) is 4.96. The number of carbonyl (C=O) groups excluding carboxylic acids is 1. The van der Waals surface area contributed by atoms with E-state index in [1.807, 2.05) is 22.7 Å². The summed E-state index contributed by atoms with van der Waals surface area (Å²) in [7, 11) is 0. The van der Waals surface area contributed by atoms with Crippen molar-refractivity contribution in [3.05, 3.63) is 59.4 Å². The summed E-state index contributed by atoms with van der Waals surface area (Å²) in [5, 5.41) is 0.567. The van der Waals surface area contributed by atoms with Gasteiger partial charge in [-0.1, -0.05) is 32.0 Å². The van der Waals surface area contributed by atoms with Crippen LogP contribution in [0, 0.1) is 6.92 Å². The van der Waals surface area contributed by atoms with Crippen molar-refractivity contribution in [2.24, 2.45) is 0 Å². The molecule has 2 aromatic carbocycles. The van der Waals surface area contributed by atoms with Crippen LogP contribution in [0.2, 0.25) is 0 Å². The Balaban J connectivity index is 1.33. The maximum absolute atomic E-state index is 12.5. The Hall–Kier alpha value is -2.27. The smallest absolute Gasteiger partial charge is 0.227 e. The summed E-state index contributed by atoms with van der Waals surface area (Å²) in [4.78, 5) is 23.8. The van der Waals surface area contributed by atoms with Gasteiger partial charge in [0.1, 0.15) is 5.82 Å². The van der Waals surface area contributed by atoms with Crippen molar-refractivity contribution in [3.63, 3.8) is 0 Å². The van der Waals surface area contributed by atoms with Crippen molar-refractivity contribution in [2.75, 3.05) is 13.1 Å². The predicted octanol–water partition coefficient (Wildman–Crippen LogP) is 4.54. The van der Waals surface area contributed by atoms with Crippen LogP contribution in [0.25, 0.3) is 11.0 Å². The molecule has 1 aromatic heterocycles. The van der Waals surface area contributed by atoms with Gasteiger partial charge in [-0.05, 0) is 42.3 Å². The van der Waals surface area contributed by atoms with E-state index in [0.717, 1.165) is 35.5 Å². The minimum atomic E-state index is 0.197. The number of benzene rings is 2. The third-order valence-electron chi connectivity index (χ3n) is 4.93. The van der Waals surface area contributed by atoms with E-state index in [1.54, 1.807) is 0 Å². The molecular formula is C22H25N3OS. The maximum atomic E-state index is 12.5. The number of carbonyl (C=O) groups is 1. The first-order chi connectivity index (χ1) is 13.0. The number of hydrogen-bond acceptors (Lipinski definition) is 3. The summed E-state index contributed by atoms with van der Waals surface area (Å²) < 4.78 is 0. The van der Waals surface area contributed by atoms with Crippen LogP contribution in [0.3, 0.4) is 0 Å². The topological polar surface area (TPSA) is 49.0 Å². The van der Waals surface area contributed by atoms with Gasteiger partial charge in [0.05, 0.1) is 23.4 Å². The number of rotatable bonds is 5. The number of nitrogens with zero attached hydrogens (tertiary/aromatic N) is 2. The average Bonchev–Trinajstić information content (AvgIpc) is 2.97. The van der Waals surface area contributed by atoms with E-state index in [0.29, 0.717) is 17.6 Å². The van der Waals surface area contributed by atoms with E-state index in [9.17, 15) is 4.79 Å². The summed E-state index contributed by atoms with van der Waals surface area (Å²) in [5.41, 5.74) is 4.38. The van der Waals surface area contributed by atoms with Gasteiger partial charge in [0.25, 0.3) is 0 Å². The van der Waals surface area contributed by atoms with Crippen LogP contribution in [0.1, 0.15) is 36.7 Å². The highest BCUT2D eigenvalue weighted by Crippen LogP contribution is 2.28. The molecule has 0 spiro atoms. The standard InChI is InChI=1S/C22H25N3OS/c1-14(2)27-18-7-5-16(6-8-18)11-21(26)25-12-17(13-25)22-23-19-9-4-15(3)10-20(19)24-22/h4-10,14,17H,11-13H2,1-3H3,(H,23,24). The highest BCUT2D eigenvalue weighted by atomic mass is 32.2. The van der Waals surface area contributed by atoms with Crippen molar-refractivity contribution in [2.45, 2.75) is 43.3 Å². The van der Waals surface area contributed by atoms with E-state index in [4.69, 9.17) is 4.98 Å². The van der Waals surface area contributed by atoms with Crippen molar-refractivity contribution < 1.29 is 4.79 Å². The summed E-state index contributed by atoms with van der Waals surface area (Å²) in [5.74, 6) is 1.50. The third-order valence-corrected chi connectivity index (χ3v) is 5.94. The van der Waals surface area contributed by atoms with Gasteiger partial charge in [-0.3, -0.25) is 4.79 Å². The van der Waals surface area contributed by atoms with Crippen LogP contribution in [0.4, 0.5) is 0 Å². The van der Waals surface area contributed by atoms with Gasteiger partial charge in [-0.2, -0.15) is 0 Å². The van der Waals surface area contributed by atoms with Crippen molar-refractivity contribution in [3.8, 4) is 0 Å². The first-order valence-electron chi connectivity index (χ1n) is 9.47. The SMILES string of the molecule is Cc1ccc2nc(C3CN(C(=O)Cc4ccc(SC(C)C)cc4)C3)[nH]c2c1. The van der Waals surface area contributed by atoms with E-state index in [1.165, 1.54) is 10.5 Å². The Morgan fingerprint density at radius 1 is 1.22 bits per heavy atom. The fraction of sp³-hybridized carbons (Fsp3) is 0.364. The van der Waals surface area contributed by atoms with Crippen LogP contribution < -0.4 is 0 Å². The lowest BCUT2D eigenvalue weighted by Gasteiger charge is -2.38. The molecule has 4 rings (SSSR count). The quantitative estimate of drug-likeness (QED) is 0.662. The lowest BCUT2D eigenvalue weighted by atomic mass is 9.98. The molecule has 0 aliphatic carbocycles. The third kappa shape index (κ3) is 4.03. The molecule has 1 fully saturated rings. The number of likely N-dealkylation sites (tertiary alicyclic amines) is 1. The number of imidazole rings is 1. The molecule has 1 aliphatic heterocycles. The van der Waals surface area contributed by atoms with Crippen LogP contribution in [-0.4, -0.2) is 39.1 Å². The average molecular weight is 380 g/mol. The molecule has 4 nitrogen and oxygen atoms in total. The van der Waals surface area contributed by atoms with Crippen molar-refractivity contribution >= 4 is 28.7 Å². The maximum Gasteiger partial charge on any atom is 0.227 e. The summed E-state index contributed by atoms with van der Waals surface area (Å²) in [6.45, 7) is 7.95. The van der Waals surface area contributed by atoms with E-state index >= 15 is 0 Å². The lowest BCUT2D eigenvalue weighted by Crippen LogP contribution is -2.49. The molecule has 0 saturated carbocycles. The highest BCUT2D eigenvalue weighted by molar-refractivity contribution is 7.99. The highest BCUT2D eigenvalue weighted by Gasteiger charge is 2.33. The number of aryl methyl sites for hydroxylation is 1. The molecule has 1 aliphatic rings. The van der Waals surface area contributed by atoms with Crippen LogP contribution in [0.15, 0.2) is 47.4 Å². The number of thioether (sulfide) groups is 1. The molecule has 0 atom stereocenters. The molecule has 1 N–H and O–H groups in total. The van der Waals surface area contributed by atoms with Crippen LogP contribution in [-0.2, 0) is 11.2 Å². The Bertz CT molecular complexity index is 955. The first kappa shape index (κ1) is 18.1. The second-order valence-electron chi connectivity index (χ2n) is 7.63. The van der Waals surface area contributed by atoms with Gasteiger partial charge in [-0.25, -0.2) is 4.98 Å². The number of H-pyrrole nitrogens is 1. The molecule has 3 aromatic rings. The number of fused-ring (bicyclic) bond motifs is 1. The molecule has 140 valence electrons. The fourth-order valence-electron chi connectivity index (χ4n) is 3.44. The minimum absolute atomic E-state index is 0.197. The molecule has 0 radical (unpaired) electrons. The Morgan fingerprint density at radius 2 is 1.96 bits per heavy atom. The van der Waals surface area contributed by atoms with Crippen LogP contribution >= 0.6 is 11.8 Å². The van der Waals surface area contributed by atoms with Gasteiger partial charge in [0, 0.05) is 23.2 Å². The minimum Gasteiger partial charge on any atom is -0.342 e. The summed E-state index contributed by atoms with van der Waals surface area (Å²) in [6.07, 6.45) is 0.471. The van der Waals surface area contributed by atoms with Gasteiger partial charge in [-0.15, -0.1) is 11.8 Å². The van der Waals surface area contributed by atoms with E-state index < -0.39 is 0 Å². The first-order valence-corrected chi connectivity index (χ1v) is 10.4. The number of aromatic nitrogens is 2. The van der Waals surface area contributed by atoms with Crippen molar-refractivity contribution in [1.82, 2.24) is 14.9 Å². The van der Waals surface area contributed by atoms with E-state index in [-0.39, 0.29) is 5.91 Å². The molecule has 2 heterocycles. The molecule has 1 saturated heterocycles. The van der Waals surface area contributed by atoms with Crippen LogP contribution in [0.5, 0.6) is 0 Å². The van der Waals surface area contributed by atoms with Gasteiger partial charge in [0.2, 0.25) is 5.91 Å². The molecule has 0 unspecified atom stereocenters. The van der Waals surface area contributed by atoms with Crippen molar-refractivity contribution in [1.29, 1.82) is 0 Å². The second kappa shape index (κ2) is 7.39. The largest absolute Gasteiger partial charge is 0.342 e. The zero-order valence-electron chi connectivity index (χ0n) is 16.0. The zero-order chi connectivity index (χ0) is 19.0. The van der Waals surface area contributed by atoms with Gasteiger partial charge >= 0.3 is 0 Å². The molecular weight excluding hydrogens is 354 g/mol. The number of nitrogens with one attached hydrogen (secondary N) is 1. The molecule has 27 heavy (non-hydrogen) atoms. The van der Waals surface area contributed by atoms with E-state index in [2.05, 4.69) is 62.2 Å². The Morgan fingerprint density at radius 3 is 2.67 bits per heavy atom. The summed E-state index contributed by atoms with van der Waals surface area (Å²) >= 11 is 1.84. The Labute approximate surface area is 164 Å². The number of aromatic amines is 1. The fourth-order valence-corrected chi connectivity index (χ4v) is 4.27. The molecule has 0 bridgehead atoms.